The fourth-order valence-corrected chi connectivity index (χ4v) is 2.43. The van der Waals surface area contributed by atoms with E-state index in [1.165, 1.54) is 12.1 Å². The third-order valence-corrected chi connectivity index (χ3v) is 3.66. The second kappa shape index (κ2) is 7.01. The van der Waals surface area contributed by atoms with E-state index in [0.717, 1.165) is 5.56 Å². The fourth-order valence-electron chi connectivity index (χ4n) is 2.43. The van der Waals surface area contributed by atoms with Crippen LogP contribution in [0.3, 0.4) is 0 Å². The summed E-state index contributed by atoms with van der Waals surface area (Å²) in [5, 5.41) is 15.3. The molecule has 7 nitrogen and oxygen atoms in total. The first-order valence-electron chi connectivity index (χ1n) is 7.39. The normalized spacial score (nSPS) is 12.0. The SMILES string of the molecule is CO[C@H](Cn1cnc(-c2cccc([N+](=O)[O-])c2)n1)c1ccccc1. The molecule has 0 unspecified atom stereocenters. The Morgan fingerprint density at radius 3 is 2.71 bits per heavy atom. The van der Waals surface area contributed by atoms with Crippen LogP contribution >= 0.6 is 0 Å². The van der Waals surface area contributed by atoms with Gasteiger partial charge in [0.2, 0.25) is 0 Å². The van der Waals surface area contributed by atoms with Crippen LogP contribution in [0.5, 0.6) is 0 Å². The molecule has 1 atom stereocenters. The highest BCUT2D eigenvalue weighted by molar-refractivity contribution is 5.58. The van der Waals surface area contributed by atoms with Gasteiger partial charge in [0.05, 0.1) is 11.5 Å². The lowest BCUT2D eigenvalue weighted by Gasteiger charge is -2.15. The van der Waals surface area contributed by atoms with Crippen LogP contribution in [0.15, 0.2) is 60.9 Å². The summed E-state index contributed by atoms with van der Waals surface area (Å²) in [7, 11) is 1.65. The van der Waals surface area contributed by atoms with E-state index in [0.29, 0.717) is 17.9 Å². The lowest BCUT2D eigenvalue weighted by atomic mass is 10.1. The van der Waals surface area contributed by atoms with Crippen molar-refractivity contribution in [1.82, 2.24) is 14.8 Å². The largest absolute Gasteiger partial charge is 0.375 e. The van der Waals surface area contributed by atoms with Gasteiger partial charge in [-0.15, -0.1) is 0 Å². The summed E-state index contributed by atoms with van der Waals surface area (Å²) in [6.07, 6.45) is 1.45. The van der Waals surface area contributed by atoms with Gasteiger partial charge >= 0.3 is 0 Å². The Bertz CT molecular complexity index is 833. The number of aromatic nitrogens is 3. The lowest BCUT2D eigenvalue weighted by molar-refractivity contribution is -0.384. The maximum absolute atomic E-state index is 10.9. The number of nitro benzene ring substituents is 1. The van der Waals surface area contributed by atoms with Gasteiger partial charge in [-0.3, -0.25) is 10.1 Å². The van der Waals surface area contributed by atoms with Gasteiger partial charge in [0.1, 0.15) is 12.4 Å². The van der Waals surface area contributed by atoms with E-state index >= 15 is 0 Å². The van der Waals surface area contributed by atoms with Crippen molar-refractivity contribution in [2.24, 2.45) is 0 Å². The highest BCUT2D eigenvalue weighted by Gasteiger charge is 2.14. The van der Waals surface area contributed by atoms with Crippen molar-refractivity contribution in [3.8, 4) is 11.4 Å². The molecule has 0 aliphatic heterocycles. The second-order valence-corrected chi connectivity index (χ2v) is 5.23. The van der Waals surface area contributed by atoms with Crippen LogP contribution < -0.4 is 0 Å². The van der Waals surface area contributed by atoms with E-state index in [4.69, 9.17) is 4.74 Å². The maximum atomic E-state index is 10.9. The molecule has 2 aromatic carbocycles. The molecule has 1 aromatic heterocycles. The van der Waals surface area contributed by atoms with Crippen molar-refractivity contribution in [2.45, 2.75) is 12.6 Å². The highest BCUT2D eigenvalue weighted by atomic mass is 16.6. The van der Waals surface area contributed by atoms with Gasteiger partial charge in [0.15, 0.2) is 5.82 Å². The molecule has 0 aliphatic rings. The Morgan fingerprint density at radius 1 is 1.21 bits per heavy atom. The molecule has 3 aromatic rings. The van der Waals surface area contributed by atoms with Crippen molar-refractivity contribution >= 4 is 5.69 Å². The molecule has 0 aliphatic carbocycles. The van der Waals surface area contributed by atoms with Crippen LogP contribution in [0.2, 0.25) is 0 Å². The van der Waals surface area contributed by atoms with Crippen LogP contribution in [-0.4, -0.2) is 26.8 Å². The number of benzene rings is 2. The van der Waals surface area contributed by atoms with Crippen LogP contribution in [-0.2, 0) is 11.3 Å². The molecule has 0 spiro atoms. The monoisotopic (exact) mass is 324 g/mol. The first kappa shape index (κ1) is 15.8. The van der Waals surface area contributed by atoms with Crippen molar-refractivity contribution in [3.63, 3.8) is 0 Å². The van der Waals surface area contributed by atoms with Gasteiger partial charge in [0, 0.05) is 24.8 Å². The molecule has 7 heteroatoms. The van der Waals surface area contributed by atoms with E-state index in [9.17, 15) is 10.1 Å². The number of nitrogens with zero attached hydrogens (tertiary/aromatic N) is 4. The summed E-state index contributed by atoms with van der Waals surface area (Å²) in [4.78, 5) is 14.7. The summed E-state index contributed by atoms with van der Waals surface area (Å²) >= 11 is 0. The summed E-state index contributed by atoms with van der Waals surface area (Å²) in [6.45, 7) is 0.502. The van der Waals surface area contributed by atoms with E-state index in [1.54, 1.807) is 30.3 Å². The van der Waals surface area contributed by atoms with Gasteiger partial charge in [-0.05, 0) is 5.56 Å². The molecule has 0 saturated carbocycles. The third-order valence-electron chi connectivity index (χ3n) is 3.66. The highest BCUT2D eigenvalue weighted by Crippen LogP contribution is 2.22. The number of non-ortho nitro benzene ring substituents is 1. The molecule has 24 heavy (non-hydrogen) atoms. The smallest absolute Gasteiger partial charge is 0.270 e. The van der Waals surface area contributed by atoms with E-state index < -0.39 is 4.92 Å². The summed E-state index contributed by atoms with van der Waals surface area (Å²) < 4.78 is 7.20. The van der Waals surface area contributed by atoms with Crippen molar-refractivity contribution in [3.05, 3.63) is 76.6 Å². The lowest BCUT2D eigenvalue weighted by Crippen LogP contribution is -2.11. The van der Waals surface area contributed by atoms with Crippen LogP contribution in [0.25, 0.3) is 11.4 Å². The van der Waals surface area contributed by atoms with Crippen LogP contribution in [0, 0.1) is 10.1 Å². The van der Waals surface area contributed by atoms with Crippen LogP contribution in [0.1, 0.15) is 11.7 Å². The van der Waals surface area contributed by atoms with Gasteiger partial charge < -0.3 is 4.74 Å². The average molecular weight is 324 g/mol. The molecule has 0 saturated heterocycles. The van der Waals surface area contributed by atoms with E-state index in [2.05, 4.69) is 10.1 Å². The molecule has 0 fully saturated rings. The molecule has 0 radical (unpaired) electrons. The van der Waals surface area contributed by atoms with Crippen molar-refractivity contribution < 1.29 is 9.66 Å². The number of methoxy groups -OCH3 is 1. The minimum atomic E-state index is -0.434. The summed E-state index contributed by atoms with van der Waals surface area (Å²) in [5.41, 5.74) is 1.67. The van der Waals surface area contributed by atoms with Gasteiger partial charge in [-0.1, -0.05) is 42.5 Å². The van der Waals surface area contributed by atoms with Gasteiger partial charge in [-0.25, -0.2) is 9.67 Å². The van der Waals surface area contributed by atoms with Crippen molar-refractivity contribution in [1.29, 1.82) is 0 Å². The third kappa shape index (κ3) is 3.47. The molecule has 3 rings (SSSR count). The van der Waals surface area contributed by atoms with Gasteiger partial charge in [-0.2, -0.15) is 5.10 Å². The Kier molecular flexibility index (Phi) is 4.62. The zero-order chi connectivity index (χ0) is 16.9. The number of hydrogen-bond acceptors (Lipinski definition) is 5. The molecule has 1 heterocycles. The molecule has 122 valence electrons. The average Bonchev–Trinajstić information content (AvgIpc) is 3.09. The van der Waals surface area contributed by atoms with Crippen LogP contribution in [0.4, 0.5) is 5.69 Å². The Balaban J connectivity index is 1.80. The quantitative estimate of drug-likeness (QED) is 0.513. The minimum absolute atomic E-state index is 0.0166. The first-order chi connectivity index (χ1) is 11.7. The second-order valence-electron chi connectivity index (χ2n) is 5.23. The summed E-state index contributed by atoms with van der Waals surface area (Å²) in [5.74, 6) is 0.446. The predicted molar refractivity (Wildman–Crippen MR) is 88.3 cm³/mol. The number of nitro groups is 1. The molecule has 0 bridgehead atoms. The predicted octanol–water partition coefficient (Wildman–Crippen LogP) is 3.24. The van der Waals surface area contributed by atoms with E-state index in [1.807, 2.05) is 30.3 Å². The zero-order valence-corrected chi connectivity index (χ0v) is 13.1. The van der Waals surface area contributed by atoms with E-state index in [-0.39, 0.29) is 11.8 Å². The molecule has 0 amide bonds. The topological polar surface area (TPSA) is 83.1 Å². The Hall–Kier alpha value is -3.06. The number of hydrogen-bond donors (Lipinski definition) is 0. The first-order valence-corrected chi connectivity index (χ1v) is 7.39. The standard InChI is InChI=1S/C17H16N4O3/c1-24-16(13-6-3-2-4-7-13)11-20-12-18-17(19-20)14-8-5-9-15(10-14)21(22)23/h2-10,12,16H,11H2,1H3/t16-/m1/s1. The summed E-state index contributed by atoms with van der Waals surface area (Å²) in [6, 6.07) is 16.1. The Labute approximate surface area is 138 Å². The number of ether oxygens (including phenoxy) is 1. The van der Waals surface area contributed by atoms with Gasteiger partial charge in [0.25, 0.3) is 5.69 Å². The minimum Gasteiger partial charge on any atom is -0.375 e. The van der Waals surface area contributed by atoms with Crippen molar-refractivity contribution in [2.75, 3.05) is 7.11 Å². The number of rotatable bonds is 6. The molecular weight excluding hydrogens is 308 g/mol. The fraction of sp³-hybridized carbons (Fsp3) is 0.176. The maximum Gasteiger partial charge on any atom is 0.270 e. The molecule has 0 N–H and O–H groups in total. The zero-order valence-electron chi connectivity index (χ0n) is 13.1. The molecular formula is C17H16N4O3. The Morgan fingerprint density at radius 2 is 2.00 bits per heavy atom.